The summed E-state index contributed by atoms with van der Waals surface area (Å²) in [5.74, 6) is -1.81. The molecule has 0 unspecified atom stereocenters. The molecule has 0 amide bonds. The lowest BCUT2D eigenvalue weighted by molar-refractivity contribution is 0.574. The quantitative estimate of drug-likeness (QED) is 0.805. The Morgan fingerprint density at radius 3 is 2.56 bits per heavy atom. The molecule has 0 saturated carbocycles. The molecule has 0 radical (unpaired) electrons. The van der Waals surface area contributed by atoms with Gasteiger partial charge in [0.2, 0.25) is 0 Å². The van der Waals surface area contributed by atoms with Crippen LogP contribution < -0.4 is 11.2 Å². The Labute approximate surface area is 104 Å². The lowest BCUT2D eigenvalue weighted by Gasteiger charge is -2.07. The molecule has 0 fully saturated rings. The molecular formula is C11H7ClF2N2O2. The van der Waals surface area contributed by atoms with Gasteiger partial charge in [-0.05, 0) is 19.1 Å². The molecule has 1 aromatic carbocycles. The third kappa shape index (κ3) is 1.95. The molecule has 0 aliphatic heterocycles. The fourth-order valence-electron chi connectivity index (χ4n) is 1.48. The molecule has 2 aromatic rings. The van der Waals surface area contributed by atoms with E-state index in [1.807, 2.05) is 0 Å². The number of aromatic amines is 1. The fraction of sp³-hybridized carbons (Fsp3) is 0.0909. The summed E-state index contributed by atoms with van der Waals surface area (Å²) in [5, 5.41) is -0.108. The van der Waals surface area contributed by atoms with Gasteiger partial charge in [0.25, 0.3) is 5.56 Å². The fourth-order valence-corrected chi connectivity index (χ4v) is 1.64. The van der Waals surface area contributed by atoms with Crippen molar-refractivity contribution in [2.75, 3.05) is 0 Å². The van der Waals surface area contributed by atoms with Gasteiger partial charge >= 0.3 is 5.69 Å². The van der Waals surface area contributed by atoms with Crippen LogP contribution in [0.5, 0.6) is 0 Å². The molecular weight excluding hydrogens is 266 g/mol. The number of hydrogen-bond acceptors (Lipinski definition) is 2. The second kappa shape index (κ2) is 4.38. The highest BCUT2D eigenvalue weighted by Gasteiger charge is 2.14. The van der Waals surface area contributed by atoms with Crippen LogP contribution in [0.3, 0.4) is 0 Å². The minimum Gasteiger partial charge on any atom is -0.297 e. The Balaban J connectivity index is 2.84. The topological polar surface area (TPSA) is 54.9 Å². The van der Waals surface area contributed by atoms with Crippen LogP contribution in [0.2, 0.25) is 5.15 Å². The van der Waals surface area contributed by atoms with E-state index in [1.165, 1.54) is 6.92 Å². The predicted octanol–water partition coefficient (Wildman–Crippen LogP) is 1.77. The Morgan fingerprint density at radius 1 is 1.28 bits per heavy atom. The van der Waals surface area contributed by atoms with Crippen LogP contribution in [0.4, 0.5) is 8.78 Å². The van der Waals surface area contributed by atoms with Crippen LogP contribution in [0.15, 0.2) is 27.8 Å². The third-order valence-corrected chi connectivity index (χ3v) is 2.80. The highest BCUT2D eigenvalue weighted by Crippen LogP contribution is 2.12. The summed E-state index contributed by atoms with van der Waals surface area (Å²) >= 11 is 5.62. The first-order valence-electron chi connectivity index (χ1n) is 4.88. The van der Waals surface area contributed by atoms with Crippen LogP contribution in [0.1, 0.15) is 5.56 Å². The first-order chi connectivity index (χ1) is 8.41. The van der Waals surface area contributed by atoms with Gasteiger partial charge in [0.15, 0.2) is 0 Å². The molecule has 0 spiro atoms. The van der Waals surface area contributed by atoms with E-state index >= 15 is 0 Å². The Bertz CT molecular complexity index is 737. The molecule has 94 valence electrons. The predicted molar refractivity (Wildman–Crippen MR) is 62.3 cm³/mol. The van der Waals surface area contributed by atoms with Crippen LogP contribution in [0.25, 0.3) is 5.69 Å². The van der Waals surface area contributed by atoms with Gasteiger partial charge < -0.3 is 0 Å². The molecule has 2 rings (SSSR count). The van der Waals surface area contributed by atoms with Gasteiger partial charge in [-0.3, -0.25) is 9.78 Å². The number of nitrogens with one attached hydrogen (secondary N) is 1. The van der Waals surface area contributed by atoms with Gasteiger partial charge in [-0.2, -0.15) is 0 Å². The molecule has 0 saturated heterocycles. The van der Waals surface area contributed by atoms with Crippen molar-refractivity contribution in [2.24, 2.45) is 0 Å². The minimum absolute atomic E-state index is 0.0694. The normalized spacial score (nSPS) is 10.7. The SMILES string of the molecule is Cc1c(Cl)[nH]c(=O)n(-c2ccc(F)cc2F)c1=O. The number of nitrogens with zero attached hydrogens (tertiary/aromatic N) is 1. The Morgan fingerprint density at radius 2 is 1.94 bits per heavy atom. The summed E-state index contributed by atoms with van der Waals surface area (Å²) in [6.07, 6.45) is 0. The number of halogens is 3. The molecule has 18 heavy (non-hydrogen) atoms. The summed E-state index contributed by atoms with van der Waals surface area (Å²) in [7, 11) is 0. The molecule has 0 aliphatic rings. The monoisotopic (exact) mass is 272 g/mol. The van der Waals surface area contributed by atoms with E-state index in [-0.39, 0.29) is 16.4 Å². The van der Waals surface area contributed by atoms with E-state index in [0.29, 0.717) is 10.6 Å². The second-order valence-electron chi connectivity index (χ2n) is 3.61. The zero-order chi connectivity index (χ0) is 13.4. The standard InChI is InChI=1S/C11H7ClF2N2O2/c1-5-9(12)15-11(18)16(10(5)17)8-3-2-6(13)4-7(8)14/h2-4H,1H3,(H,15,18). The average molecular weight is 273 g/mol. The van der Waals surface area contributed by atoms with Gasteiger partial charge in [-0.15, -0.1) is 0 Å². The van der Waals surface area contributed by atoms with Crippen molar-refractivity contribution in [3.8, 4) is 5.69 Å². The third-order valence-electron chi connectivity index (χ3n) is 2.42. The molecule has 0 atom stereocenters. The number of rotatable bonds is 1. The minimum atomic E-state index is -1.01. The summed E-state index contributed by atoms with van der Waals surface area (Å²) in [4.78, 5) is 25.7. The highest BCUT2D eigenvalue weighted by atomic mass is 35.5. The van der Waals surface area contributed by atoms with Crippen molar-refractivity contribution >= 4 is 11.6 Å². The number of aromatic nitrogens is 2. The lowest BCUT2D eigenvalue weighted by Crippen LogP contribution is -2.35. The van der Waals surface area contributed by atoms with E-state index in [0.717, 1.165) is 12.1 Å². The maximum atomic E-state index is 13.5. The number of H-pyrrole nitrogens is 1. The van der Waals surface area contributed by atoms with Crippen molar-refractivity contribution in [3.05, 3.63) is 61.4 Å². The molecule has 1 N–H and O–H groups in total. The summed E-state index contributed by atoms with van der Waals surface area (Å²) in [6, 6.07) is 2.55. The second-order valence-corrected chi connectivity index (χ2v) is 3.98. The van der Waals surface area contributed by atoms with Gasteiger partial charge in [-0.25, -0.2) is 18.1 Å². The molecule has 7 heteroatoms. The van der Waals surface area contributed by atoms with Gasteiger partial charge in [0.1, 0.15) is 16.8 Å². The summed E-state index contributed by atoms with van der Waals surface area (Å²) in [6.45, 7) is 1.39. The Kier molecular flexibility index (Phi) is 3.04. The maximum Gasteiger partial charge on any atom is 0.334 e. The largest absolute Gasteiger partial charge is 0.334 e. The first kappa shape index (κ1) is 12.5. The van der Waals surface area contributed by atoms with Crippen molar-refractivity contribution < 1.29 is 8.78 Å². The maximum absolute atomic E-state index is 13.5. The van der Waals surface area contributed by atoms with E-state index in [1.54, 1.807) is 0 Å². The van der Waals surface area contributed by atoms with Gasteiger partial charge in [0, 0.05) is 6.07 Å². The van der Waals surface area contributed by atoms with Crippen LogP contribution in [-0.2, 0) is 0 Å². The van der Waals surface area contributed by atoms with Crippen LogP contribution >= 0.6 is 11.6 Å². The average Bonchev–Trinajstić information content (AvgIpc) is 2.29. The smallest absolute Gasteiger partial charge is 0.297 e. The zero-order valence-electron chi connectivity index (χ0n) is 9.13. The van der Waals surface area contributed by atoms with Gasteiger partial charge in [0.05, 0.1) is 11.3 Å². The molecule has 1 aromatic heterocycles. The van der Waals surface area contributed by atoms with E-state index in [4.69, 9.17) is 11.6 Å². The van der Waals surface area contributed by atoms with E-state index < -0.39 is 22.9 Å². The number of hydrogen-bond donors (Lipinski definition) is 1. The molecule has 0 aliphatic carbocycles. The van der Waals surface area contributed by atoms with Gasteiger partial charge in [-0.1, -0.05) is 11.6 Å². The van der Waals surface area contributed by atoms with Crippen molar-refractivity contribution in [3.63, 3.8) is 0 Å². The van der Waals surface area contributed by atoms with Crippen LogP contribution in [0, 0.1) is 18.6 Å². The zero-order valence-corrected chi connectivity index (χ0v) is 9.89. The molecule has 1 heterocycles. The Hall–Kier alpha value is -1.95. The van der Waals surface area contributed by atoms with Crippen molar-refractivity contribution in [1.29, 1.82) is 0 Å². The number of benzene rings is 1. The highest BCUT2D eigenvalue weighted by molar-refractivity contribution is 6.30. The summed E-state index contributed by atoms with van der Waals surface area (Å²) in [5.41, 5.74) is -1.90. The van der Waals surface area contributed by atoms with Crippen molar-refractivity contribution in [2.45, 2.75) is 6.92 Å². The summed E-state index contributed by atoms with van der Waals surface area (Å²) < 4.78 is 26.9. The van der Waals surface area contributed by atoms with Crippen LogP contribution in [-0.4, -0.2) is 9.55 Å². The van der Waals surface area contributed by atoms with E-state index in [2.05, 4.69) is 4.98 Å². The van der Waals surface area contributed by atoms with Crippen molar-refractivity contribution in [1.82, 2.24) is 9.55 Å². The first-order valence-corrected chi connectivity index (χ1v) is 5.26. The molecule has 4 nitrogen and oxygen atoms in total. The van der Waals surface area contributed by atoms with E-state index in [9.17, 15) is 18.4 Å². The molecule has 0 bridgehead atoms. The lowest BCUT2D eigenvalue weighted by atomic mass is 10.3.